The summed E-state index contributed by atoms with van der Waals surface area (Å²) in [5, 5.41) is 11.5. The Bertz CT molecular complexity index is 2010. The number of imide groups is 2. The van der Waals surface area contributed by atoms with E-state index in [1.807, 2.05) is 12.3 Å². The van der Waals surface area contributed by atoms with Crippen molar-refractivity contribution in [1.82, 2.24) is 24.9 Å². The first kappa shape index (κ1) is 38.5. The van der Waals surface area contributed by atoms with Crippen molar-refractivity contribution in [3.63, 3.8) is 0 Å². The van der Waals surface area contributed by atoms with E-state index >= 15 is 0 Å². The number of carbonyl (C=O) groups is 4. The highest BCUT2D eigenvalue weighted by molar-refractivity contribution is 6.23. The molecule has 2 aromatic carbocycles. The van der Waals surface area contributed by atoms with Crippen LogP contribution in [0, 0.1) is 17.2 Å². The van der Waals surface area contributed by atoms with Crippen LogP contribution in [0.4, 0.5) is 0 Å². The zero-order chi connectivity index (χ0) is 39.8. The highest BCUT2D eigenvalue weighted by Crippen LogP contribution is 2.37. The van der Waals surface area contributed by atoms with Crippen LogP contribution in [0.5, 0.6) is 17.2 Å². The Hall–Kier alpha value is -5.42. The van der Waals surface area contributed by atoms with Crippen molar-refractivity contribution < 1.29 is 33.4 Å². The number of nitriles is 1. The maximum absolute atomic E-state index is 13.3. The molecule has 8 rings (SSSR count). The molecule has 4 heterocycles. The van der Waals surface area contributed by atoms with Crippen molar-refractivity contribution >= 4 is 29.8 Å². The molecule has 300 valence electrons. The summed E-state index contributed by atoms with van der Waals surface area (Å²) in [4.78, 5) is 63.7. The lowest BCUT2D eigenvalue weighted by Gasteiger charge is -2.47. The topological polar surface area (TPSA) is 157 Å². The van der Waals surface area contributed by atoms with Gasteiger partial charge < -0.3 is 24.0 Å². The minimum Gasteiger partial charge on any atom is -0.495 e. The first-order valence-corrected chi connectivity index (χ1v) is 20.4. The van der Waals surface area contributed by atoms with Crippen LogP contribution in [-0.4, -0.2) is 119 Å². The van der Waals surface area contributed by atoms with Crippen molar-refractivity contribution in [2.24, 2.45) is 10.9 Å². The van der Waals surface area contributed by atoms with Gasteiger partial charge in [0.1, 0.15) is 47.4 Å². The number of carbonyl (C=O) groups excluding carboxylic acids is 4. The van der Waals surface area contributed by atoms with Crippen LogP contribution in [-0.2, 0) is 9.59 Å². The normalized spacial score (nSPS) is 26.4. The average Bonchev–Trinajstić information content (AvgIpc) is 3.76. The van der Waals surface area contributed by atoms with Crippen molar-refractivity contribution in [3.8, 4) is 23.3 Å². The lowest BCUT2D eigenvalue weighted by atomic mass is 9.85. The summed E-state index contributed by atoms with van der Waals surface area (Å²) in [5.41, 5.74) is 0.981. The smallest absolute Gasteiger partial charge is 0.262 e. The van der Waals surface area contributed by atoms with Crippen molar-refractivity contribution in [1.29, 1.82) is 5.26 Å². The molecule has 2 aromatic rings. The van der Waals surface area contributed by atoms with Gasteiger partial charge in [-0.15, -0.1) is 0 Å². The van der Waals surface area contributed by atoms with Gasteiger partial charge in [-0.3, -0.25) is 34.3 Å². The number of nitrogens with zero attached hydrogens (tertiary/aromatic N) is 6. The van der Waals surface area contributed by atoms with Gasteiger partial charge in [-0.2, -0.15) is 5.26 Å². The molecule has 6 aliphatic rings. The minimum absolute atomic E-state index is 0.00910. The van der Waals surface area contributed by atoms with E-state index < -0.39 is 29.7 Å². The zero-order valence-electron chi connectivity index (χ0n) is 32.9. The molecule has 0 unspecified atom stereocenters. The van der Waals surface area contributed by atoms with Gasteiger partial charge in [-0.05, 0) is 82.2 Å². The van der Waals surface area contributed by atoms with Crippen molar-refractivity contribution in [2.45, 2.75) is 108 Å². The van der Waals surface area contributed by atoms with E-state index in [0.717, 1.165) is 87.6 Å². The van der Waals surface area contributed by atoms with Crippen LogP contribution in [0.15, 0.2) is 53.4 Å². The van der Waals surface area contributed by atoms with Crippen molar-refractivity contribution in [2.75, 3.05) is 33.3 Å². The number of piperidine rings is 2. The number of amides is 4. The Balaban J connectivity index is 0.797. The predicted octanol–water partition coefficient (Wildman–Crippen LogP) is 4.49. The first-order chi connectivity index (χ1) is 27.6. The van der Waals surface area contributed by atoms with E-state index in [4.69, 9.17) is 19.2 Å². The Morgan fingerprint density at radius 1 is 0.912 bits per heavy atom. The molecule has 4 fully saturated rings. The number of methoxy groups -OCH3 is 1. The highest BCUT2D eigenvalue weighted by atomic mass is 16.5. The molecule has 14 heteroatoms. The second-order valence-corrected chi connectivity index (χ2v) is 16.4. The number of hydrogen-bond donors (Lipinski definition) is 1. The van der Waals surface area contributed by atoms with E-state index in [-0.39, 0.29) is 36.2 Å². The van der Waals surface area contributed by atoms with E-state index in [1.165, 1.54) is 0 Å². The molecular weight excluding hydrogens is 727 g/mol. The summed E-state index contributed by atoms with van der Waals surface area (Å²) < 4.78 is 18.0. The van der Waals surface area contributed by atoms with Gasteiger partial charge in [0.2, 0.25) is 11.8 Å². The fourth-order valence-corrected chi connectivity index (χ4v) is 9.28. The highest BCUT2D eigenvalue weighted by Gasteiger charge is 2.45. The number of likely N-dealkylation sites (tertiary alicyclic amines) is 1. The van der Waals surface area contributed by atoms with Crippen molar-refractivity contribution in [3.05, 3.63) is 65.1 Å². The fourth-order valence-electron chi connectivity index (χ4n) is 9.28. The summed E-state index contributed by atoms with van der Waals surface area (Å²) >= 11 is 0. The molecule has 1 N–H and O–H groups in total. The lowest BCUT2D eigenvalue weighted by Crippen LogP contribution is -2.54. The Morgan fingerprint density at radius 2 is 1.65 bits per heavy atom. The summed E-state index contributed by atoms with van der Waals surface area (Å²) in [6.45, 7) is 8.30. The molecule has 4 aliphatic heterocycles. The molecule has 3 atom stereocenters. The molecule has 0 aromatic heterocycles. The van der Waals surface area contributed by atoms with E-state index in [9.17, 15) is 24.4 Å². The lowest BCUT2D eigenvalue weighted by molar-refractivity contribution is -0.136. The number of aliphatic imine (C=N–C) groups is 1. The minimum atomic E-state index is -0.991. The maximum Gasteiger partial charge on any atom is 0.262 e. The second-order valence-electron chi connectivity index (χ2n) is 16.4. The second kappa shape index (κ2) is 16.2. The Morgan fingerprint density at radius 3 is 2.39 bits per heavy atom. The number of ether oxygens (including phenoxy) is 3. The SMILES string of the molecule is COc1cc(O[C@H]2CC[C@@H](N3C=C(N4CCC(CN(C(C)C)C5CC(Oc6ccc7c(c6)C(=O)N([C@@H]6CCC(=O)NC6=O)C7=O)C5)CC4)N=CC3)C2)ccc1C#N. The maximum atomic E-state index is 13.3. The molecule has 4 amide bonds. The molecule has 14 nitrogen and oxygen atoms in total. The largest absolute Gasteiger partial charge is 0.495 e. The van der Waals surface area contributed by atoms with Gasteiger partial charge in [-0.25, -0.2) is 4.99 Å². The average molecular weight is 778 g/mol. The van der Waals surface area contributed by atoms with Crippen LogP contribution in [0.25, 0.3) is 0 Å². The fraction of sp³-hybridized carbons (Fsp3) is 0.535. The third-order valence-electron chi connectivity index (χ3n) is 12.5. The number of rotatable bonds is 12. The summed E-state index contributed by atoms with van der Waals surface area (Å²) in [5.74, 6) is 1.37. The van der Waals surface area contributed by atoms with Gasteiger partial charge in [0.25, 0.3) is 11.8 Å². The van der Waals surface area contributed by atoms with Crippen LogP contribution in [0.1, 0.15) is 97.9 Å². The number of hydrogen-bond acceptors (Lipinski definition) is 12. The summed E-state index contributed by atoms with van der Waals surface area (Å²) in [6.07, 6.45) is 11.5. The number of nitrogens with one attached hydrogen (secondary N) is 1. The van der Waals surface area contributed by atoms with Gasteiger partial charge >= 0.3 is 0 Å². The molecular formula is C43H51N7O7. The standard InChI is InChI=1S/C43H51N7O7/c1-26(2)49(30-19-34(20-30)57-32-8-9-35-36(21-32)43(54)50(42(35)53)37-10-11-40(51)46-41(37)52)24-27-12-15-47(16-13-27)39-25-48(17-14-45-39)29-5-7-31(18-29)56-33-6-4-28(23-44)38(22-33)55-3/h4,6,8-9,14,21-22,25-27,29-31,34,37H,5,7,10-13,15-20,24H2,1-3H3,(H,46,51,52)/t29-,30?,31+,34?,37-/m1/s1. The first-order valence-electron chi connectivity index (χ1n) is 20.4. The molecule has 0 bridgehead atoms. The monoisotopic (exact) mass is 777 g/mol. The third-order valence-corrected chi connectivity index (χ3v) is 12.5. The van der Waals surface area contributed by atoms with Gasteiger partial charge in [0.05, 0.1) is 30.3 Å². The molecule has 2 saturated heterocycles. The third kappa shape index (κ3) is 7.94. The van der Waals surface area contributed by atoms with Crippen LogP contribution >= 0.6 is 0 Å². The van der Waals surface area contributed by atoms with E-state index in [2.05, 4.69) is 46.1 Å². The molecule has 2 saturated carbocycles. The van der Waals surface area contributed by atoms with E-state index in [1.54, 1.807) is 37.4 Å². The molecule has 0 spiro atoms. The summed E-state index contributed by atoms with van der Waals surface area (Å²) in [6, 6.07) is 12.7. The van der Waals surface area contributed by atoms with Gasteiger partial charge in [0, 0.05) is 81.9 Å². The predicted molar refractivity (Wildman–Crippen MR) is 210 cm³/mol. The van der Waals surface area contributed by atoms with Crippen LogP contribution in [0.2, 0.25) is 0 Å². The summed E-state index contributed by atoms with van der Waals surface area (Å²) in [7, 11) is 1.57. The quantitative estimate of drug-likeness (QED) is 0.303. The van der Waals surface area contributed by atoms with Crippen LogP contribution in [0.3, 0.4) is 0 Å². The Labute approximate surface area is 333 Å². The van der Waals surface area contributed by atoms with Gasteiger partial charge in [-0.1, -0.05) is 0 Å². The van der Waals surface area contributed by atoms with Gasteiger partial charge in [0.15, 0.2) is 0 Å². The van der Waals surface area contributed by atoms with E-state index in [0.29, 0.717) is 41.1 Å². The Kier molecular flexibility index (Phi) is 10.9. The zero-order valence-corrected chi connectivity index (χ0v) is 32.9. The van der Waals surface area contributed by atoms with Crippen LogP contribution < -0.4 is 19.5 Å². The number of fused-ring (bicyclic) bond motifs is 1. The molecule has 0 radical (unpaired) electrons. The molecule has 2 aliphatic carbocycles. The molecule has 57 heavy (non-hydrogen) atoms. The number of benzene rings is 2.